The Morgan fingerprint density at radius 2 is 1.96 bits per heavy atom. The minimum absolute atomic E-state index is 0.0758. The molecule has 24 heavy (non-hydrogen) atoms. The molecule has 0 aromatic heterocycles. The van der Waals surface area contributed by atoms with Gasteiger partial charge in [0.15, 0.2) is 11.5 Å². The second-order valence-corrected chi connectivity index (χ2v) is 5.99. The van der Waals surface area contributed by atoms with E-state index in [-0.39, 0.29) is 18.8 Å². The molecule has 0 aliphatic carbocycles. The molecule has 2 heterocycles. The first-order valence-corrected chi connectivity index (χ1v) is 8.19. The smallest absolute Gasteiger partial charge is 0.251 e. The minimum atomic E-state index is -0.0758. The molecular formula is C19H19NO4. The number of ether oxygens (including phenoxy) is 3. The van der Waals surface area contributed by atoms with Crippen LogP contribution in [0.2, 0.25) is 0 Å². The van der Waals surface area contributed by atoms with E-state index in [1.807, 2.05) is 42.5 Å². The Balaban J connectivity index is 1.49. The number of rotatable bonds is 4. The van der Waals surface area contributed by atoms with E-state index in [2.05, 4.69) is 5.32 Å². The van der Waals surface area contributed by atoms with Crippen LogP contribution in [-0.2, 0) is 4.74 Å². The summed E-state index contributed by atoms with van der Waals surface area (Å²) < 4.78 is 16.3. The maximum Gasteiger partial charge on any atom is 0.251 e. The Bertz CT molecular complexity index is 753. The van der Waals surface area contributed by atoms with Gasteiger partial charge in [-0.25, -0.2) is 0 Å². The van der Waals surface area contributed by atoms with Gasteiger partial charge < -0.3 is 19.5 Å². The SMILES string of the molecule is O=C(NC[C@H]1CCCO1)c1cccc(-c2ccc3c(c2)OCO3)c1. The van der Waals surface area contributed by atoms with Crippen molar-refractivity contribution < 1.29 is 19.0 Å². The zero-order valence-corrected chi connectivity index (χ0v) is 13.3. The molecule has 4 rings (SSSR count). The van der Waals surface area contributed by atoms with E-state index < -0.39 is 0 Å². The van der Waals surface area contributed by atoms with Crippen molar-refractivity contribution in [2.45, 2.75) is 18.9 Å². The normalized spacial score (nSPS) is 18.6. The summed E-state index contributed by atoms with van der Waals surface area (Å²) in [4.78, 5) is 12.4. The maximum absolute atomic E-state index is 12.4. The highest BCUT2D eigenvalue weighted by Crippen LogP contribution is 2.36. The lowest BCUT2D eigenvalue weighted by molar-refractivity contribution is 0.0858. The van der Waals surface area contributed by atoms with Crippen molar-refractivity contribution in [3.05, 3.63) is 48.0 Å². The topological polar surface area (TPSA) is 56.8 Å². The van der Waals surface area contributed by atoms with E-state index in [0.717, 1.165) is 42.1 Å². The van der Waals surface area contributed by atoms with Crippen molar-refractivity contribution in [1.82, 2.24) is 5.32 Å². The third kappa shape index (κ3) is 3.08. The summed E-state index contributed by atoms with van der Waals surface area (Å²) in [5.74, 6) is 1.41. The molecule has 1 fully saturated rings. The molecule has 0 unspecified atom stereocenters. The number of fused-ring (bicyclic) bond motifs is 1. The van der Waals surface area contributed by atoms with Gasteiger partial charge in [-0.2, -0.15) is 0 Å². The van der Waals surface area contributed by atoms with Gasteiger partial charge in [0.25, 0.3) is 5.91 Å². The summed E-state index contributed by atoms with van der Waals surface area (Å²) >= 11 is 0. The van der Waals surface area contributed by atoms with Crippen LogP contribution in [0.25, 0.3) is 11.1 Å². The Kier molecular flexibility index (Phi) is 4.09. The lowest BCUT2D eigenvalue weighted by Crippen LogP contribution is -2.31. The number of carbonyl (C=O) groups excluding carboxylic acids is 1. The summed E-state index contributed by atoms with van der Waals surface area (Å²) in [5.41, 5.74) is 2.61. The average molecular weight is 325 g/mol. The first-order valence-electron chi connectivity index (χ1n) is 8.19. The summed E-state index contributed by atoms with van der Waals surface area (Å²) in [6.45, 7) is 1.61. The largest absolute Gasteiger partial charge is 0.454 e. The van der Waals surface area contributed by atoms with Crippen LogP contribution in [0.5, 0.6) is 11.5 Å². The van der Waals surface area contributed by atoms with Gasteiger partial charge in [-0.15, -0.1) is 0 Å². The van der Waals surface area contributed by atoms with Gasteiger partial charge in [0.05, 0.1) is 6.10 Å². The lowest BCUT2D eigenvalue weighted by Gasteiger charge is -2.11. The lowest BCUT2D eigenvalue weighted by atomic mass is 10.0. The van der Waals surface area contributed by atoms with Crippen LogP contribution < -0.4 is 14.8 Å². The van der Waals surface area contributed by atoms with Crippen LogP contribution in [0, 0.1) is 0 Å². The highest BCUT2D eigenvalue weighted by molar-refractivity contribution is 5.95. The molecule has 124 valence electrons. The van der Waals surface area contributed by atoms with Crippen LogP contribution in [0.15, 0.2) is 42.5 Å². The predicted molar refractivity (Wildman–Crippen MR) is 89.3 cm³/mol. The van der Waals surface area contributed by atoms with Crippen LogP contribution in [0.3, 0.4) is 0 Å². The summed E-state index contributed by atoms with van der Waals surface area (Å²) in [7, 11) is 0. The van der Waals surface area contributed by atoms with Gasteiger partial charge in [0.2, 0.25) is 6.79 Å². The van der Waals surface area contributed by atoms with Crippen LogP contribution in [-0.4, -0.2) is 32.0 Å². The Morgan fingerprint density at radius 1 is 1.08 bits per heavy atom. The molecule has 2 aromatic carbocycles. The number of amides is 1. The third-order valence-electron chi connectivity index (χ3n) is 4.34. The van der Waals surface area contributed by atoms with Crippen LogP contribution in [0.4, 0.5) is 0 Å². The highest BCUT2D eigenvalue weighted by atomic mass is 16.7. The minimum Gasteiger partial charge on any atom is -0.454 e. The first-order chi connectivity index (χ1) is 11.8. The third-order valence-corrected chi connectivity index (χ3v) is 4.34. The second kappa shape index (κ2) is 6.53. The molecule has 0 bridgehead atoms. The number of hydrogen-bond acceptors (Lipinski definition) is 4. The van der Waals surface area contributed by atoms with Gasteiger partial charge >= 0.3 is 0 Å². The van der Waals surface area contributed by atoms with Crippen molar-refractivity contribution in [1.29, 1.82) is 0 Å². The van der Waals surface area contributed by atoms with E-state index >= 15 is 0 Å². The van der Waals surface area contributed by atoms with Gasteiger partial charge in [0, 0.05) is 18.7 Å². The van der Waals surface area contributed by atoms with Gasteiger partial charge in [-0.1, -0.05) is 18.2 Å². The molecule has 2 aliphatic rings. The van der Waals surface area contributed by atoms with Gasteiger partial charge in [-0.05, 0) is 48.2 Å². The quantitative estimate of drug-likeness (QED) is 0.939. The van der Waals surface area contributed by atoms with Gasteiger partial charge in [-0.3, -0.25) is 4.79 Å². The van der Waals surface area contributed by atoms with E-state index in [1.54, 1.807) is 0 Å². The molecule has 2 aliphatic heterocycles. The van der Waals surface area contributed by atoms with Crippen molar-refractivity contribution in [3.8, 4) is 22.6 Å². The van der Waals surface area contributed by atoms with E-state index in [4.69, 9.17) is 14.2 Å². The van der Waals surface area contributed by atoms with Crippen LogP contribution >= 0.6 is 0 Å². The molecule has 1 N–H and O–H groups in total. The molecule has 1 atom stereocenters. The fourth-order valence-corrected chi connectivity index (χ4v) is 3.03. The average Bonchev–Trinajstić information content (AvgIpc) is 3.30. The molecule has 0 saturated carbocycles. The van der Waals surface area contributed by atoms with Crippen molar-refractivity contribution >= 4 is 5.91 Å². The van der Waals surface area contributed by atoms with E-state index in [9.17, 15) is 4.79 Å². The fourth-order valence-electron chi connectivity index (χ4n) is 3.03. The molecule has 1 saturated heterocycles. The number of carbonyl (C=O) groups is 1. The summed E-state index contributed by atoms with van der Waals surface area (Å²) in [6, 6.07) is 13.4. The standard InChI is InChI=1S/C19H19NO4/c21-19(20-11-16-5-2-8-22-16)15-4-1-3-13(9-15)14-6-7-17-18(10-14)24-12-23-17/h1,3-4,6-7,9-10,16H,2,5,8,11-12H2,(H,20,21)/t16-/m1/s1. The molecule has 2 aromatic rings. The Labute approximate surface area is 140 Å². The molecule has 5 heteroatoms. The van der Waals surface area contributed by atoms with E-state index in [0.29, 0.717) is 12.1 Å². The molecule has 0 spiro atoms. The Morgan fingerprint density at radius 3 is 2.83 bits per heavy atom. The van der Waals surface area contributed by atoms with Crippen molar-refractivity contribution in [3.63, 3.8) is 0 Å². The zero-order chi connectivity index (χ0) is 16.4. The fraction of sp³-hybridized carbons (Fsp3) is 0.316. The predicted octanol–water partition coefficient (Wildman–Crippen LogP) is 2.99. The molecular weight excluding hydrogens is 306 g/mol. The molecule has 0 radical (unpaired) electrons. The van der Waals surface area contributed by atoms with Crippen molar-refractivity contribution in [2.24, 2.45) is 0 Å². The Hall–Kier alpha value is -2.53. The van der Waals surface area contributed by atoms with E-state index in [1.165, 1.54) is 0 Å². The molecule has 5 nitrogen and oxygen atoms in total. The number of nitrogens with one attached hydrogen (secondary N) is 1. The highest BCUT2D eigenvalue weighted by Gasteiger charge is 2.17. The first kappa shape index (κ1) is 15.0. The van der Waals surface area contributed by atoms with Crippen LogP contribution in [0.1, 0.15) is 23.2 Å². The maximum atomic E-state index is 12.4. The molecule has 1 amide bonds. The monoisotopic (exact) mass is 325 g/mol. The van der Waals surface area contributed by atoms with Gasteiger partial charge in [0.1, 0.15) is 0 Å². The summed E-state index contributed by atoms with van der Waals surface area (Å²) in [6.07, 6.45) is 2.23. The second-order valence-electron chi connectivity index (χ2n) is 5.99. The van der Waals surface area contributed by atoms with Crippen molar-refractivity contribution in [2.75, 3.05) is 19.9 Å². The summed E-state index contributed by atoms with van der Waals surface area (Å²) in [5, 5.41) is 2.95. The number of benzene rings is 2. The zero-order valence-electron chi connectivity index (χ0n) is 13.3. The number of hydrogen-bond donors (Lipinski definition) is 1.